The van der Waals surface area contributed by atoms with E-state index in [1.54, 1.807) is 28.8 Å². The van der Waals surface area contributed by atoms with E-state index >= 15 is 0 Å². The molecule has 4 rings (SSSR count). The first-order valence-electron chi connectivity index (χ1n) is 8.92. The van der Waals surface area contributed by atoms with E-state index in [4.69, 9.17) is 0 Å². The first kappa shape index (κ1) is 17.7. The molecule has 0 saturated carbocycles. The van der Waals surface area contributed by atoms with Crippen molar-refractivity contribution in [3.63, 3.8) is 0 Å². The van der Waals surface area contributed by atoms with Crippen LogP contribution in [0.4, 0.5) is 0 Å². The summed E-state index contributed by atoms with van der Waals surface area (Å²) in [5, 5.41) is 5.56. The van der Waals surface area contributed by atoms with E-state index in [0.29, 0.717) is 28.8 Å². The number of nitrogens with zero attached hydrogens (tertiary/aromatic N) is 2. The Balaban J connectivity index is 1.96. The molecule has 0 atom stereocenters. The zero-order chi connectivity index (χ0) is 19.8. The van der Waals surface area contributed by atoms with E-state index < -0.39 is 16.8 Å². The van der Waals surface area contributed by atoms with E-state index in [2.05, 4.69) is 15.2 Å². The predicted molar refractivity (Wildman–Crippen MR) is 107 cm³/mol. The number of carbonyl (C=O) groups excluding carboxylic acids is 1. The van der Waals surface area contributed by atoms with Gasteiger partial charge in [-0.3, -0.25) is 24.6 Å². The number of ketones is 1. The minimum atomic E-state index is -0.615. The summed E-state index contributed by atoms with van der Waals surface area (Å²) in [5.74, 6) is -0.615. The van der Waals surface area contributed by atoms with E-state index in [1.165, 1.54) is 6.20 Å². The summed E-state index contributed by atoms with van der Waals surface area (Å²) in [7, 11) is 0. The highest BCUT2D eigenvalue weighted by molar-refractivity contribution is 6.13. The fraction of sp³-hybridized carbons (Fsp3) is 0.143. The molecular formula is C21H18N4O3. The van der Waals surface area contributed by atoms with Crippen molar-refractivity contribution in [2.75, 3.05) is 0 Å². The standard InChI is InChI=1S/C21H18N4O3/c1-3-25-11-15(18(26)14-10-9-12(2)22-20(14)25)19(27)16-17(23-24-21(16)28)13-7-5-4-6-8-13/h4-11H,3H2,1-2H3,(H2,23,24,28). The molecule has 3 heterocycles. The molecule has 0 unspecified atom stereocenters. The van der Waals surface area contributed by atoms with Gasteiger partial charge in [-0.15, -0.1) is 0 Å². The highest BCUT2D eigenvalue weighted by Gasteiger charge is 2.24. The summed E-state index contributed by atoms with van der Waals surface area (Å²) in [6, 6.07) is 12.4. The van der Waals surface area contributed by atoms with Crippen LogP contribution in [0.15, 0.2) is 58.3 Å². The minimum Gasteiger partial charge on any atom is -0.332 e. The van der Waals surface area contributed by atoms with Crippen molar-refractivity contribution in [2.24, 2.45) is 0 Å². The van der Waals surface area contributed by atoms with Gasteiger partial charge in [-0.2, -0.15) is 0 Å². The molecule has 0 saturated heterocycles. The van der Waals surface area contributed by atoms with Crippen LogP contribution in [-0.2, 0) is 6.54 Å². The molecular weight excluding hydrogens is 356 g/mol. The number of nitrogens with one attached hydrogen (secondary N) is 2. The van der Waals surface area contributed by atoms with Crippen LogP contribution in [0, 0.1) is 6.92 Å². The molecule has 4 aromatic rings. The lowest BCUT2D eigenvalue weighted by atomic mass is 10.00. The third kappa shape index (κ3) is 2.77. The van der Waals surface area contributed by atoms with Crippen molar-refractivity contribution in [3.05, 3.63) is 86.1 Å². The second kappa shape index (κ2) is 6.77. The third-order valence-corrected chi connectivity index (χ3v) is 4.71. The lowest BCUT2D eigenvalue weighted by Crippen LogP contribution is -2.23. The van der Waals surface area contributed by atoms with Gasteiger partial charge in [-0.1, -0.05) is 30.3 Å². The van der Waals surface area contributed by atoms with Gasteiger partial charge in [0.2, 0.25) is 11.2 Å². The monoisotopic (exact) mass is 374 g/mol. The number of H-pyrrole nitrogens is 2. The van der Waals surface area contributed by atoms with Gasteiger partial charge in [0, 0.05) is 24.0 Å². The second-order valence-electron chi connectivity index (χ2n) is 6.51. The third-order valence-electron chi connectivity index (χ3n) is 4.71. The number of hydrogen-bond acceptors (Lipinski definition) is 4. The molecule has 0 aliphatic heterocycles. The van der Waals surface area contributed by atoms with E-state index in [9.17, 15) is 14.4 Å². The Labute approximate surface area is 159 Å². The first-order chi connectivity index (χ1) is 13.5. The molecule has 0 aliphatic rings. The van der Waals surface area contributed by atoms with Gasteiger partial charge in [0.05, 0.1) is 16.6 Å². The van der Waals surface area contributed by atoms with E-state index in [0.717, 1.165) is 5.69 Å². The highest BCUT2D eigenvalue weighted by atomic mass is 16.2. The molecule has 3 aromatic heterocycles. The molecule has 0 aliphatic carbocycles. The Hall–Kier alpha value is -3.74. The minimum absolute atomic E-state index is 0.0534. The fourth-order valence-electron chi connectivity index (χ4n) is 3.29. The number of benzene rings is 1. The van der Waals surface area contributed by atoms with Gasteiger partial charge < -0.3 is 4.57 Å². The number of rotatable bonds is 4. The maximum atomic E-state index is 13.2. The number of aromatic amines is 2. The summed E-state index contributed by atoms with van der Waals surface area (Å²) >= 11 is 0. The molecule has 0 amide bonds. The summed E-state index contributed by atoms with van der Waals surface area (Å²) in [4.78, 5) is 43.1. The summed E-state index contributed by atoms with van der Waals surface area (Å²) in [6.45, 7) is 4.28. The van der Waals surface area contributed by atoms with Gasteiger partial charge >= 0.3 is 0 Å². The first-order valence-corrected chi connectivity index (χ1v) is 8.92. The average molecular weight is 374 g/mol. The Morgan fingerprint density at radius 1 is 1.07 bits per heavy atom. The summed E-state index contributed by atoms with van der Waals surface area (Å²) in [6.07, 6.45) is 1.49. The van der Waals surface area contributed by atoms with E-state index in [-0.39, 0.29) is 11.1 Å². The van der Waals surface area contributed by atoms with Crippen LogP contribution in [0.1, 0.15) is 28.5 Å². The topological polar surface area (TPSA) is 101 Å². The lowest BCUT2D eigenvalue weighted by Gasteiger charge is -2.11. The van der Waals surface area contributed by atoms with Crippen molar-refractivity contribution < 1.29 is 4.79 Å². The summed E-state index contributed by atoms with van der Waals surface area (Å²) < 4.78 is 1.75. The molecule has 7 nitrogen and oxygen atoms in total. The Kier molecular flexibility index (Phi) is 4.27. The number of hydrogen-bond donors (Lipinski definition) is 2. The van der Waals surface area contributed by atoms with Crippen LogP contribution in [0.2, 0.25) is 0 Å². The predicted octanol–water partition coefficient (Wildman–Crippen LogP) is 2.64. The molecule has 1 aromatic carbocycles. The number of pyridine rings is 2. The molecule has 28 heavy (non-hydrogen) atoms. The van der Waals surface area contributed by atoms with Crippen LogP contribution in [0.3, 0.4) is 0 Å². The molecule has 0 fully saturated rings. The van der Waals surface area contributed by atoms with Crippen LogP contribution in [-0.4, -0.2) is 25.5 Å². The number of carbonyl (C=O) groups is 1. The fourth-order valence-corrected chi connectivity index (χ4v) is 3.29. The van der Waals surface area contributed by atoms with Crippen LogP contribution < -0.4 is 11.0 Å². The Bertz CT molecular complexity index is 1310. The van der Waals surface area contributed by atoms with Crippen molar-refractivity contribution in [1.29, 1.82) is 0 Å². The molecule has 2 N–H and O–H groups in total. The number of aryl methyl sites for hydroxylation is 2. The SMILES string of the molecule is CCn1cc(C(=O)c2c(-c3ccccc3)[nH][nH]c2=O)c(=O)c2ccc(C)nc21. The zero-order valence-corrected chi connectivity index (χ0v) is 15.4. The van der Waals surface area contributed by atoms with Crippen molar-refractivity contribution >= 4 is 16.8 Å². The lowest BCUT2D eigenvalue weighted by molar-refractivity contribution is 0.103. The number of aromatic nitrogens is 4. The summed E-state index contributed by atoms with van der Waals surface area (Å²) in [5.41, 5.74) is 1.22. The molecule has 7 heteroatoms. The maximum Gasteiger partial charge on any atom is 0.275 e. The molecule has 140 valence electrons. The Morgan fingerprint density at radius 2 is 1.82 bits per heavy atom. The average Bonchev–Trinajstić information content (AvgIpc) is 3.10. The smallest absolute Gasteiger partial charge is 0.275 e. The van der Waals surface area contributed by atoms with Gasteiger partial charge in [-0.05, 0) is 26.0 Å². The normalized spacial score (nSPS) is 11.1. The van der Waals surface area contributed by atoms with Gasteiger partial charge in [0.1, 0.15) is 11.2 Å². The quantitative estimate of drug-likeness (QED) is 0.536. The number of fused-ring (bicyclic) bond motifs is 1. The molecule has 0 bridgehead atoms. The van der Waals surface area contributed by atoms with Crippen LogP contribution in [0.25, 0.3) is 22.3 Å². The molecule has 0 radical (unpaired) electrons. The van der Waals surface area contributed by atoms with Crippen LogP contribution in [0.5, 0.6) is 0 Å². The second-order valence-corrected chi connectivity index (χ2v) is 6.51. The largest absolute Gasteiger partial charge is 0.332 e. The Morgan fingerprint density at radius 3 is 2.54 bits per heavy atom. The van der Waals surface area contributed by atoms with Crippen molar-refractivity contribution in [2.45, 2.75) is 20.4 Å². The van der Waals surface area contributed by atoms with Crippen LogP contribution >= 0.6 is 0 Å². The molecule has 0 spiro atoms. The van der Waals surface area contributed by atoms with Crippen molar-refractivity contribution in [3.8, 4) is 11.3 Å². The van der Waals surface area contributed by atoms with Crippen molar-refractivity contribution in [1.82, 2.24) is 19.7 Å². The van der Waals surface area contributed by atoms with Gasteiger partial charge in [0.15, 0.2) is 0 Å². The van der Waals surface area contributed by atoms with Gasteiger partial charge in [0.25, 0.3) is 5.56 Å². The maximum absolute atomic E-state index is 13.2. The highest BCUT2D eigenvalue weighted by Crippen LogP contribution is 2.21. The zero-order valence-electron chi connectivity index (χ0n) is 15.4. The van der Waals surface area contributed by atoms with Gasteiger partial charge in [-0.25, -0.2) is 4.98 Å². The van der Waals surface area contributed by atoms with E-state index in [1.807, 2.05) is 32.0 Å².